The van der Waals surface area contributed by atoms with Crippen LogP contribution in [0.3, 0.4) is 0 Å². The van der Waals surface area contributed by atoms with Crippen molar-refractivity contribution in [2.45, 2.75) is 24.4 Å². The van der Waals surface area contributed by atoms with Gasteiger partial charge in [-0.25, -0.2) is 0 Å². The molecule has 2 rings (SSSR count). The van der Waals surface area contributed by atoms with Crippen LogP contribution in [0.25, 0.3) is 0 Å². The first-order valence-corrected chi connectivity index (χ1v) is 6.46. The highest BCUT2D eigenvalue weighted by Crippen LogP contribution is 2.25. The third kappa shape index (κ3) is 3.23. The van der Waals surface area contributed by atoms with E-state index in [1.54, 1.807) is 54.6 Å². The summed E-state index contributed by atoms with van der Waals surface area (Å²) in [6.07, 6.45) is -4.94. The zero-order valence-corrected chi connectivity index (χ0v) is 10.9. The Labute approximate surface area is 117 Å². The van der Waals surface area contributed by atoms with E-state index in [-0.39, 0.29) is 0 Å². The first-order valence-electron chi connectivity index (χ1n) is 6.46. The fourth-order valence-corrected chi connectivity index (χ4v) is 2.09. The molecular formula is C16H19O4+. The molecule has 0 aliphatic heterocycles. The molecule has 106 valence electrons. The summed E-state index contributed by atoms with van der Waals surface area (Å²) < 4.78 is 0. The lowest BCUT2D eigenvalue weighted by Crippen LogP contribution is -2.36. The molecule has 0 radical (unpaired) electrons. The van der Waals surface area contributed by atoms with Crippen molar-refractivity contribution < 1.29 is 20.4 Å². The van der Waals surface area contributed by atoms with Gasteiger partial charge in [0.15, 0.2) is 12.2 Å². The van der Waals surface area contributed by atoms with Crippen LogP contribution in [-0.4, -0.2) is 32.6 Å². The molecule has 0 saturated carbocycles. The Morgan fingerprint density at radius 3 is 1.50 bits per heavy atom. The molecule has 0 saturated heterocycles. The van der Waals surface area contributed by atoms with Crippen LogP contribution in [0.15, 0.2) is 60.7 Å². The summed E-state index contributed by atoms with van der Waals surface area (Å²) in [5.41, 5.74) is 1.07. The van der Waals surface area contributed by atoms with Crippen molar-refractivity contribution in [3.63, 3.8) is 0 Å². The van der Waals surface area contributed by atoms with Crippen molar-refractivity contribution in [1.82, 2.24) is 0 Å². The van der Waals surface area contributed by atoms with Crippen LogP contribution in [0.1, 0.15) is 23.3 Å². The van der Waals surface area contributed by atoms with Crippen molar-refractivity contribution in [3.05, 3.63) is 71.8 Å². The molecule has 4 heteroatoms. The van der Waals surface area contributed by atoms with Crippen molar-refractivity contribution in [3.8, 4) is 0 Å². The van der Waals surface area contributed by atoms with Gasteiger partial charge >= 0.3 is 0 Å². The minimum Gasteiger partial charge on any atom is -0.439 e. The van der Waals surface area contributed by atoms with Crippen molar-refractivity contribution in [2.24, 2.45) is 0 Å². The largest absolute Gasteiger partial charge is 0.439 e. The quantitative estimate of drug-likeness (QED) is 0.709. The van der Waals surface area contributed by atoms with Gasteiger partial charge in [0.2, 0.25) is 6.10 Å². The number of aliphatic hydroxyl groups excluding tert-OH is 3. The van der Waals surface area contributed by atoms with Crippen molar-refractivity contribution in [2.75, 3.05) is 0 Å². The van der Waals surface area contributed by atoms with E-state index >= 15 is 0 Å². The van der Waals surface area contributed by atoms with Gasteiger partial charge in [-0.2, -0.15) is 0 Å². The number of hydrogen-bond donors (Lipinski definition) is 3. The fourth-order valence-electron chi connectivity index (χ4n) is 2.09. The average molecular weight is 275 g/mol. The molecule has 0 heterocycles. The Balaban J connectivity index is 2.10. The van der Waals surface area contributed by atoms with Crippen LogP contribution in [-0.2, 0) is 0 Å². The Hall–Kier alpha value is -1.72. The first kappa shape index (κ1) is 14.7. The van der Waals surface area contributed by atoms with Crippen LogP contribution in [0.4, 0.5) is 0 Å². The Bertz CT molecular complexity index is 465. The highest BCUT2D eigenvalue weighted by atomic mass is 16.4. The lowest BCUT2D eigenvalue weighted by atomic mass is 9.94. The maximum absolute atomic E-state index is 10.1. The van der Waals surface area contributed by atoms with Gasteiger partial charge in [0.1, 0.15) is 6.10 Å². The monoisotopic (exact) mass is 275 g/mol. The zero-order chi connectivity index (χ0) is 14.5. The third-order valence-electron chi connectivity index (χ3n) is 3.31. The van der Waals surface area contributed by atoms with E-state index in [1.807, 2.05) is 6.07 Å². The predicted octanol–water partition coefficient (Wildman–Crippen LogP) is 0.908. The molecule has 0 fully saturated rings. The first-order chi connectivity index (χ1) is 9.61. The topological polar surface area (TPSA) is 83.6 Å². The summed E-state index contributed by atoms with van der Waals surface area (Å²) >= 11 is 0. The SMILES string of the molecule is O[C@@H]([C@@H]([OH2+])[C@H](O)c1ccccc1)[C@@H](O)c1ccccc1. The van der Waals surface area contributed by atoms with E-state index in [0.29, 0.717) is 11.1 Å². The van der Waals surface area contributed by atoms with Crippen molar-refractivity contribution >= 4 is 0 Å². The van der Waals surface area contributed by atoms with Crippen LogP contribution in [0.5, 0.6) is 0 Å². The molecule has 2 aromatic carbocycles. The standard InChI is InChI=1S/C16H18O4/c17-13(11-7-3-1-4-8-11)15(19)16(20)14(18)12-9-5-2-6-10-12/h1-10,13-20H/p+1/t13-,14+,15+,16-. The highest BCUT2D eigenvalue weighted by molar-refractivity contribution is 5.21. The molecule has 0 spiro atoms. The summed E-state index contributed by atoms with van der Waals surface area (Å²) in [5.74, 6) is 0. The molecule has 5 N–H and O–H groups in total. The lowest BCUT2D eigenvalue weighted by Gasteiger charge is -2.23. The number of benzene rings is 2. The fraction of sp³-hybridized carbons (Fsp3) is 0.250. The predicted molar refractivity (Wildman–Crippen MR) is 76.2 cm³/mol. The molecule has 20 heavy (non-hydrogen) atoms. The maximum Gasteiger partial charge on any atom is 0.213 e. The van der Waals surface area contributed by atoms with E-state index in [9.17, 15) is 15.3 Å². The van der Waals surface area contributed by atoms with Crippen LogP contribution < -0.4 is 0 Å². The smallest absolute Gasteiger partial charge is 0.213 e. The Morgan fingerprint density at radius 1 is 0.650 bits per heavy atom. The molecule has 0 unspecified atom stereocenters. The average Bonchev–Trinajstić information content (AvgIpc) is 2.53. The summed E-state index contributed by atoms with van der Waals surface area (Å²) in [6, 6.07) is 17.4. The second kappa shape index (κ2) is 6.63. The normalized spacial score (nSPS) is 17.2. The molecule has 0 aliphatic carbocycles. The lowest BCUT2D eigenvalue weighted by molar-refractivity contribution is -0.107. The molecule has 2 aromatic rings. The van der Waals surface area contributed by atoms with Gasteiger partial charge in [0.05, 0.1) is 0 Å². The van der Waals surface area contributed by atoms with Gasteiger partial charge in [0.25, 0.3) is 0 Å². The summed E-state index contributed by atoms with van der Waals surface area (Å²) in [7, 11) is 0. The summed E-state index contributed by atoms with van der Waals surface area (Å²) in [5, 5.41) is 38.2. The van der Waals surface area contributed by atoms with Gasteiger partial charge in [-0.05, 0) is 11.1 Å². The maximum atomic E-state index is 10.1. The summed E-state index contributed by atoms with van der Waals surface area (Å²) in [4.78, 5) is 0. The number of hydrogen-bond acceptors (Lipinski definition) is 3. The van der Waals surface area contributed by atoms with Gasteiger partial charge < -0.3 is 20.4 Å². The molecule has 0 bridgehead atoms. The van der Waals surface area contributed by atoms with E-state index in [1.165, 1.54) is 0 Å². The molecule has 0 aliphatic rings. The summed E-state index contributed by atoms with van der Waals surface area (Å²) in [6.45, 7) is 0. The minimum absolute atomic E-state index is 0.525. The highest BCUT2D eigenvalue weighted by Gasteiger charge is 2.35. The van der Waals surface area contributed by atoms with Gasteiger partial charge in [-0.1, -0.05) is 60.7 Å². The molecule has 0 amide bonds. The molecular weight excluding hydrogens is 256 g/mol. The van der Waals surface area contributed by atoms with E-state index < -0.39 is 24.4 Å². The van der Waals surface area contributed by atoms with Crippen molar-refractivity contribution in [1.29, 1.82) is 0 Å². The van der Waals surface area contributed by atoms with E-state index in [0.717, 1.165) is 0 Å². The van der Waals surface area contributed by atoms with Crippen LogP contribution in [0.2, 0.25) is 0 Å². The number of rotatable bonds is 5. The molecule has 4 nitrogen and oxygen atoms in total. The Morgan fingerprint density at radius 2 is 1.05 bits per heavy atom. The second-order valence-electron chi connectivity index (χ2n) is 4.73. The van der Waals surface area contributed by atoms with Crippen LogP contribution in [0, 0.1) is 0 Å². The van der Waals surface area contributed by atoms with Crippen LogP contribution >= 0.6 is 0 Å². The van der Waals surface area contributed by atoms with E-state index in [4.69, 9.17) is 5.11 Å². The second-order valence-corrected chi connectivity index (χ2v) is 4.73. The van der Waals surface area contributed by atoms with Gasteiger partial charge in [-0.15, -0.1) is 0 Å². The zero-order valence-electron chi connectivity index (χ0n) is 10.9. The molecule has 4 atom stereocenters. The Kier molecular flexibility index (Phi) is 4.87. The third-order valence-corrected chi connectivity index (χ3v) is 3.31. The van der Waals surface area contributed by atoms with E-state index in [2.05, 4.69) is 0 Å². The van der Waals surface area contributed by atoms with Gasteiger partial charge in [0, 0.05) is 0 Å². The van der Waals surface area contributed by atoms with Gasteiger partial charge in [-0.3, -0.25) is 0 Å². The number of aliphatic hydroxyl groups is 3. The minimum atomic E-state index is -1.37. The molecule has 0 aromatic heterocycles.